The Labute approximate surface area is 180 Å². The Balaban J connectivity index is 1.84. The van der Waals surface area contributed by atoms with Gasteiger partial charge in [-0.3, -0.25) is 14.2 Å². The Morgan fingerprint density at radius 2 is 1.90 bits per heavy atom. The third-order valence-electron chi connectivity index (χ3n) is 5.53. The molecular formula is C21H20ClF3N4O2. The van der Waals surface area contributed by atoms with Crippen LogP contribution in [-0.4, -0.2) is 38.0 Å². The molecule has 0 spiro atoms. The molecule has 0 bridgehead atoms. The van der Waals surface area contributed by atoms with E-state index in [1.54, 1.807) is 15.7 Å². The fourth-order valence-corrected chi connectivity index (χ4v) is 4.14. The number of nitrogens with zero attached hydrogens (tertiary/aromatic N) is 4. The van der Waals surface area contributed by atoms with Gasteiger partial charge in [0.25, 0.3) is 5.56 Å². The molecule has 4 rings (SSSR count). The van der Waals surface area contributed by atoms with Crippen molar-refractivity contribution in [2.45, 2.75) is 39.0 Å². The lowest BCUT2D eigenvalue weighted by atomic mass is 10.0. The minimum atomic E-state index is -4.63. The van der Waals surface area contributed by atoms with Crippen LogP contribution in [0.3, 0.4) is 0 Å². The molecule has 1 saturated heterocycles. The molecule has 2 aromatic heterocycles. The molecule has 3 aromatic rings. The molecule has 1 aliphatic heterocycles. The first-order valence-corrected chi connectivity index (χ1v) is 10.3. The molecule has 6 nitrogen and oxygen atoms in total. The predicted molar refractivity (Wildman–Crippen MR) is 111 cm³/mol. The number of amides is 1. The van der Waals surface area contributed by atoms with Crippen LogP contribution in [0.2, 0.25) is 5.02 Å². The van der Waals surface area contributed by atoms with E-state index in [9.17, 15) is 22.8 Å². The lowest BCUT2D eigenvalue weighted by Crippen LogP contribution is -2.34. The maximum atomic E-state index is 13.4. The fraction of sp³-hybridized carbons (Fsp3) is 0.381. The van der Waals surface area contributed by atoms with Crippen LogP contribution in [0.4, 0.5) is 13.2 Å². The van der Waals surface area contributed by atoms with Crippen molar-refractivity contribution in [2.75, 3.05) is 13.1 Å². The summed E-state index contributed by atoms with van der Waals surface area (Å²) in [6.45, 7) is 3.47. The van der Waals surface area contributed by atoms with Crippen molar-refractivity contribution in [1.82, 2.24) is 19.0 Å². The van der Waals surface area contributed by atoms with E-state index in [4.69, 9.17) is 11.6 Å². The number of carbonyl (C=O) groups excluding carboxylic acids is 1. The molecule has 1 amide bonds. The summed E-state index contributed by atoms with van der Waals surface area (Å²) in [6.07, 6.45) is 0.155. The second-order valence-electron chi connectivity index (χ2n) is 7.49. The minimum Gasteiger partial charge on any atom is -0.341 e. The molecule has 0 radical (unpaired) electrons. The van der Waals surface area contributed by atoms with Gasteiger partial charge in [-0.2, -0.15) is 13.2 Å². The average Bonchev–Trinajstić information content (AvgIpc) is 3.38. The smallest absolute Gasteiger partial charge is 0.341 e. The number of halogens is 4. The standard InChI is InChI=1S/C21H20ClF3N4O2/c1-2-27-10-14(13-5-6-16(22)15(9-13)21(23,24)25)18-19(27)26-12-29(20(18)31)11-17(30)28-7-3-4-8-28/h5-6,9-10,12H,2-4,7-8,11H2,1H3. The third-order valence-corrected chi connectivity index (χ3v) is 5.86. The van der Waals surface area contributed by atoms with Crippen LogP contribution in [0.15, 0.2) is 35.5 Å². The summed E-state index contributed by atoms with van der Waals surface area (Å²) in [4.78, 5) is 31.8. The van der Waals surface area contributed by atoms with Crippen LogP contribution in [0, 0.1) is 0 Å². The molecule has 31 heavy (non-hydrogen) atoms. The van der Waals surface area contributed by atoms with Gasteiger partial charge in [0.2, 0.25) is 5.91 Å². The van der Waals surface area contributed by atoms with Crippen molar-refractivity contribution in [3.05, 3.63) is 51.7 Å². The van der Waals surface area contributed by atoms with Gasteiger partial charge >= 0.3 is 6.18 Å². The van der Waals surface area contributed by atoms with Gasteiger partial charge in [-0.15, -0.1) is 0 Å². The van der Waals surface area contributed by atoms with Gasteiger partial charge in [0.1, 0.15) is 18.5 Å². The SMILES string of the molecule is CCn1cc(-c2ccc(Cl)c(C(F)(F)F)c2)c2c(=O)n(CC(=O)N3CCCC3)cnc21. The van der Waals surface area contributed by atoms with E-state index in [0.717, 1.165) is 18.9 Å². The van der Waals surface area contributed by atoms with Crippen molar-refractivity contribution in [1.29, 1.82) is 0 Å². The number of fused-ring (bicyclic) bond motifs is 1. The van der Waals surface area contributed by atoms with Crippen molar-refractivity contribution in [3.8, 4) is 11.1 Å². The van der Waals surface area contributed by atoms with Crippen LogP contribution in [-0.2, 0) is 24.1 Å². The highest BCUT2D eigenvalue weighted by atomic mass is 35.5. The van der Waals surface area contributed by atoms with E-state index in [1.165, 1.54) is 23.0 Å². The van der Waals surface area contributed by atoms with Gasteiger partial charge < -0.3 is 9.47 Å². The number of aromatic nitrogens is 3. The number of likely N-dealkylation sites (tertiary alicyclic amines) is 1. The lowest BCUT2D eigenvalue weighted by molar-refractivity contribution is -0.137. The number of alkyl halides is 3. The maximum absolute atomic E-state index is 13.4. The number of hydrogen-bond donors (Lipinski definition) is 0. The van der Waals surface area contributed by atoms with E-state index < -0.39 is 22.3 Å². The van der Waals surface area contributed by atoms with E-state index in [1.807, 2.05) is 6.92 Å². The summed E-state index contributed by atoms with van der Waals surface area (Å²) in [5.74, 6) is -0.178. The molecular weight excluding hydrogens is 433 g/mol. The van der Waals surface area contributed by atoms with E-state index >= 15 is 0 Å². The van der Waals surface area contributed by atoms with Crippen LogP contribution < -0.4 is 5.56 Å². The zero-order valence-electron chi connectivity index (χ0n) is 16.7. The van der Waals surface area contributed by atoms with Crippen molar-refractivity contribution in [2.24, 2.45) is 0 Å². The van der Waals surface area contributed by atoms with Crippen molar-refractivity contribution >= 4 is 28.5 Å². The zero-order valence-corrected chi connectivity index (χ0v) is 17.5. The molecule has 0 atom stereocenters. The van der Waals surface area contributed by atoms with Gasteiger partial charge in [0.15, 0.2) is 0 Å². The predicted octanol–water partition coefficient (Wildman–Crippen LogP) is 4.18. The topological polar surface area (TPSA) is 60.1 Å². The summed E-state index contributed by atoms with van der Waals surface area (Å²) in [5, 5.41) is -0.240. The van der Waals surface area contributed by atoms with Gasteiger partial charge in [0, 0.05) is 31.4 Å². The first-order chi connectivity index (χ1) is 14.7. The average molecular weight is 453 g/mol. The Kier molecular flexibility index (Phi) is 5.55. The molecule has 1 aliphatic rings. The van der Waals surface area contributed by atoms with Crippen molar-refractivity contribution in [3.63, 3.8) is 0 Å². The van der Waals surface area contributed by atoms with Crippen LogP contribution in [0.5, 0.6) is 0 Å². The van der Waals surface area contributed by atoms with Gasteiger partial charge in [-0.05, 0) is 37.5 Å². The highest BCUT2D eigenvalue weighted by molar-refractivity contribution is 6.31. The van der Waals surface area contributed by atoms with Crippen LogP contribution >= 0.6 is 11.6 Å². The third kappa shape index (κ3) is 3.94. The normalized spacial score (nSPS) is 14.5. The number of rotatable bonds is 4. The molecule has 0 unspecified atom stereocenters. The molecule has 3 heterocycles. The first kappa shape index (κ1) is 21.4. The second kappa shape index (κ2) is 8.03. The maximum Gasteiger partial charge on any atom is 0.417 e. The van der Waals surface area contributed by atoms with Gasteiger partial charge in [-0.1, -0.05) is 17.7 Å². The quantitative estimate of drug-likeness (QED) is 0.596. The Bertz CT molecular complexity index is 1210. The van der Waals surface area contributed by atoms with E-state index in [-0.39, 0.29) is 23.4 Å². The fourth-order valence-electron chi connectivity index (χ4n) is 3.91. The van der Waals surface area contributed by atoms with Gasteiger partial charge in [-0.25, -0.2) is 4.98 Å². The number of benzene rings is 1. The summed E-state index contributed by atoms with van der Waals surface area (Å²) in [7, 11) is 0. The van der Waals surface area contributed by atoms with Crippen LogP contribution in [0.25, 0.3) is 22.2 Å². The minimum absolute atomic E-state index is 0.160. The Hall–Kier alpha value is -2.81. The molecule has 10 heteroatoms. The molecule has 164 valence electrons. The molecule has 1 fully saturated rings. The summed E-state index contributed by atoms with van der Waals surface area (Å²) in [6, 6.07) is 3.54. The van der Waals surface area contributed by atoms with Gasteiger partial charge in [0.05, 0.1) is 16.0 Å². The summed E-state index contributed by atoms with van der Waals surface area (Å²) < 4.78 is 43.0. The monoisotopic (exact) mass is 452 g/mol. The highest BCUT2D eigenvalue weighted by Gasteiger charge is 2.33. The molecule has 0 aliphatic carbocycles. The summed E-state index contributed by atoms with van der Waals surface area (Å²) >= 11 is 5.75. The molecule has 1 aromatic carbocycles. The highest BCUT2D eigenvalue weighted by Crippen LogP contribution is 2.38. The van der Waals surface area contributed by atoms with E-state index in [0.29, 0.717) is 30.8 Å². The Morgan fingerprint density at radius 1 is 1.19 bits per heavy atom. The largest absolute Gasteiger partial charge is 0.417 e. The Morgan fingerprint density at radius 3 is 2.55 bits per heavy atom. The molecule has 0 saturated carbocycles. The number of carbonyl (C=O) groups is 1. The van der Waals surface area contributed by atoms with Crippen molar-refractivity contribution < 1.29 is 18.0 Å². The number of hydrogen-bond acceptors (Lipinski definition) is 3. The second-order valence-corrected chi connectivity index (χ2v) is 7.89. The van der Waals surface area contributed by atoms with E-state index in [2.05, 4.69) is 4.98 Å². The summed E-state index contributed by atoms with van der Waals surface area (Å²) in [5.41, 5.74) is -0.562. The van der Waals surface area contributed by atoms with Crippen LogP contribution in [0.1, 0.15) is 25.3 Å². The lowest BCUT2D eigenvalue weighted by Gasteiger charge is -2.16. The first-order valence-electron chi connectivity index (χ1n) is 9.94. The number of aryl methyl sites for hydroxylation is 1. The molecule has 0 N–H and O–H groups in total. The zero-order chi connectivity index (χ0) is 22.3.